The molecule has 0 fully saturated rings. The Morgan fingerprint density at radius 1 is 0.810 bits per heavy atom. The molecule has 0 radical (unpaired) electrons. The Bertz CT molecular complexity index is 653. The molecule has 0 heterocycles. The summed E-state index contributed by atoms with van der Waals surface area (Å²) < 4.78 is 5.07. The zero-order chi connectivity index (χ0) is 14.9. The van der Waals surface area contributed by atoms with Crippen molar-refractivity contribution in [3.8, 4) is 11.5 Å². The molecule has 0 aliphatic carbocycles. The summed E-state index contributed by atoms with van der Waals surface area (Å²) in [4.78, 5) is 0. The van der Waals surface area contributed by atoms with E-state index in [9.17, 15) is 5.11 Å². The number of aromatic hydroxyl groups is 1. The third-order valence-electron chi connectivity index (χ3n) is 2.91. The van der Waals surface area contributed by atoms with Crippen LogP contribution >= 0.6 is 0 Å². The Hall–Kier alpha value is -2.74. The zero-order valence-electron chi connectivity index (χ0n) is 11.9. The van der Waals surface area contributed by atoms with Crippen LogP contribution in [0.5, 0.6) is 11.5 Å². The Morgan fingerprint density at radius 3 is 2.14 bits per heavy atom. The molecule has 0 aliphatic heterocycles. The summed E-state index contributed by atoms with van der Waals surface area (Å²) in [5, 5.41) is 9.51. The maximum atomic E-state index is 9.51. The highest BCUT2D eigenvalue weighted by Crippen LogP contribution is 2.26. The lowest BCUT2D eigenvalue weighted by atomic mass is 10.2. The van der Waals surface area contributed by atoms with Crippen LogP contribution in [0.4, 0.5) is 0 Å². The highest BCUT2D eigenvalue weighted by Gasteiger charge is 1.99. The second-order valence-corrected chi connectivity index (χ2v) is 4.45. The molecule has 0 saturated carbocycles. The number of benzene rings is 2. The smallest absolute Gasteiger partial charge is 0.161 e. The lowest BCUT2D eigenvalue weighted by Crippen LogP contribution is -1.83. The molecule has 2 nitrogen and oxygen atoms in total. The van der Waals surface area contributed by atoms with Crippen molar-refractivity contribution in [2.45, 2.75) is 0 Å². The van der Waals surface area contributed by atoms with Gasteiger partial charge in [0.15, 0.2) is 11.5 Å². The number of phenols is 1. The highest BCUT2D eigenvalue weighted by atomic mass is 16.5. The van der Waals surface area contributed by atoms with E-state index >= 15 is 0 Å². The van der Waals surface area contributed by atoms with E-state index in [1.165, 1.54) is 12.7 Å². The summed E-state index contributed by atoms with van der Waals surface area (Å²) in [5.74, 6) is 0.626. The van der Waals surface area contributed by atoms with Crippen molar-refractivity contribution in [1.29, 1.82) is 0 Å². The van der Waals surface area contributed by atoms with Gasteiger partial charge in [-0.25, -0.2) is 0 Å². The lowest BCUT2D eigenvalue weighted by molar-refractivity contribution is 0.373. The summed E-state index contributed by atoms with van der Waals surface area (Å²) >= 11 is 0. The molecule has 0 unspecified atom stereocenters. The molecule has 0 aliphatic rings. The molecule has 0 amide bonds. The molecule has 0 saturated heterocycles. The summed E-state index contributed by atoms with van der Waals surface area (Å²) in [6.07, 6.45) is 11.9. The topological polar surface area (TPSA) is 29.5 Å². The van der Waals surface area contributed by atoms with Gasteiger partial charge in [0.1, 0.15) is 0 Å². The molecule has 2 heteroatoms. The molecule has 2 rings (SSSR count). The van der Waals surface area contributed by atoms with Crippen molar-refractivity contribution in [3.05, 3.63) is 84.0 Å². The Balaban J connectivity index is 1.93. The van der Waals surface area contributed by atoms with Gasteiger partial charge in [0, 0.05) is 0 Å². The third kappa shape index (κ3) is 4.69. The number of allylic oxidation sites excluding steroid dienone is 4. The largest absolute Gasteiger partial charge is 0.504 e. The van der Waals surface area contributed by atoms with E-state index in [1.807, 2.05) is 60.7 Å². The van der Waals surface area contributed by atoms with Crippen LogP contribution < -0.4 is 4.74 Å². The maximum absolute atomic E-state index is 9.51. The minimum Gasteiger partial charge on any atom is -0.504 e. The van der Waals surface area contributed by atoms with E-state index in [0.29, 0.717) is 5.75 Å². The fraction of sp³-hybridized carbons (Fsp3) is 0.0526. The molecule has 0 atom stereocenters. The molecule has 1 N–H and O–H groups in total. The van der Waals surface area contributed by atoms with Gasteiger partial charge in [-0.2, -0.15) is 0 Å². The average Bonchev–Trinajstić information content (AvgIpc) is 2.53. The SMILES string of the molecule is COc1cc(/C=C/C=C/C=C/c2ccccc2)ccc1O. The second kappa shape index (κ2) is 7.75. The van der Waals surface area contributed by atoms with Crippen LogP contribution in [0.15, 0.2) is 72.8 Å². The van der Waals surface area contributed by atoms with Gasteiger partial charge in [-0.15, -0.1) is 0 Å². The highest BCUT2D eigenvalue weighted by molar-refractivity contribution is 5.57. The van der Waals surface area contributed by atoms with Crippen molar-refractivity contribution in [3.63, 3.8) is 0 Å². The average molecular weight is 278 g/mol. The predicted octanol–water partition coefficient (Wildman–Crippen LogP) is 4.68. The van der Waals surface area contributed by atoms with Gasteiger partial charge in [-0.1, -0.05) is 72.9 Å². The molecule has 0 spiro atoms. The maximum Gasteiger partial charge on any atom is 0.161 e. The van der Waals surface area contributed by atoms with Gasteiger partial charge in [-0.3, -0.25) is 0 Å². The van der Waals surface area contributed by atoms with E-state index in [4.69, 9.17) is 4.74 Å². The number of rotatable bonds is 5. The van der Waals surface area contributed by atoms with Crippen LogP contribution in [0, 0.1) is 0 Å². The third-order valence-corrected chi connectivity index (χ3v) is 2.91. The molecular formula is C19H18O2. The molecule has 106 valence electrons. The molecule has 2 aromatic rings. The number of hydrogen-bond acceptors (Lipinski definition) is 2. The van der Waals surface area contributed by atoms with Gasteiger partial charge in [0.2, 0.25) is 0 Å². The van der Waals surface area contributed by atoms with Crippen LogP contribution in [0.3, 0.4) is 0 Å². The Labute approximate surface area is 125 Å². The lowest BCUT2D eigenvalue weighted by Gasteiger charge is -2.03. The normalized spacial score (nSPS) is 11.7. The van der Waals surface area contributed by atoms with Crippen LogP contribution in [0.1, 0.15) is 11.1 Å². The first-order valence-electron chi connectivity index (χ1n) is 6.73. The van der Waals surface area contributed by atoms with Gasteiger partial charge in [0.25, 0.3) is 0 Å². The monoisotopic (exact) mass is 278 g/mol. The first kappa shape index (κ1) is 14.7. The zero-order valence-corrected chi connectivity index (χ0v) is 11.9. The van der Waals surface area contributed by atoms with Crippen molar-refractivity contribution in [1.82, 2.24) is 0 Å². The van der Waals surface area contributed by atoms with Gasteiger partial charge in [0.05, 0.1) is 7.11 Å². The fourth-order valence-electron chi connectivity index (χ4n) is 1.82. The van der Waals surface area contributed by atoms with Crippen LogP contribution in [0.25, 0.3) is 12.2 Å². The minimum atomic E-state index is 0.149. The first-order valence-corrected chi connectivity index (χ1v) is 6.73. The molecule has 0 bridgehead atoms. The number of hydrogen-bond donors (Lipinski definition) is 1. The minimum absolute atomic E-state index is 0.149. The van der Waals surface area contributed by atoms with E-state index < -0.39 is 0 Å². The van der Waals surface area contributed by atoms with Crippen LogP contribution in [-0.2, 0) is 0 Å². The van der Waals surface area contributed by atoms with Crippen molar-refractivity contribution in [2.75, 3.05) is 7.11 Å². The standard InChI is InChI=1S/C19H18O2/c1-21-19-15-17(13-14-18(19)20)12-6-3-2-5-9-16-10-7-4-8-11-16/h2-15,20H,1H3/b3-2+,9-5+,12-6+. The molecular weight excluding hydrogens is 260 g/mol. The van der Waals surface area contributed by atoms with Crippen LogP contribution in [0.2, 0.25) is 0 Å². The molecule has 2 aromatic carbocycles. The van der Waals surface area contributed by atoms with E-state index in [-0.39, 0.29) is 5.75 Å². The van der Waals surface area contributed by atoms with E-state index in [0.717, 1.165) is 5.56 Å². The number of phenolic OH excluding ortho intramolecular Hbond substituents is 1. The number of ether oxygens (including phenoxy) is 1. The van der Waals surface area contributed by atoms with E-state index in [1.54, 1.807) is 12.1 Å². The summed E-state index contributed by atoms with van der Waals surface area (Å²) in [7, 11) is 1.54. The van der Waals surface area contributed by atoms with Crippen molar-refractivity contribution in [2.24, 2.45) is 0 Å². The predicted molar refractivity (Wildman–Crippen MR) is 88.3 cm³/mol. The quantitative estimate of drug-likeness (QED) is 0.804. The summed E-state index contributed by atoms with van der Waals surface area (Å²) in [6, 6.07) is 15.4. The summed E-state index contributed by atoms with van der Waals surface area (Å²) in [6.45, 7) is 0. The fourth-order valence-corrected chi connectivity index (χ4v) is 1.82. The van der Waals surface area contributed by atoms with Gasteiger partial charge < -0.3 is 9.84 Å². The molecule has 0 aromatic heterocycles. The van der Waals surface area contributed by atoms with Crippen LogP contribution in [-0.4, -0.2) is 12.2 Å². The number of methoxy groups -OCH3 is 1. The van der Waals surface area contributed by atoms with Crippen molar-refractivity contribution < 1.29 is 9.84 Å². The van der Waals surface area contributed by atoms with Gasteiger partial charge in [-0.05, 0) is 23.3 Å². The Kier molecular flexibility index (Phi) is 5.41. The van der Waals surface area contributed by atoms with Gasteiger partial charge >= 0.3 is 0 Å². The summed E-state index contributed by atoms with van der Waals surface area (Å²) in [5.41, 5.74) is 2.15. The van der Waals surface area contributed by atoms with E-state index in [2.05, 4.69) is 12.1 Å². The van der Waals surface area contributed by atoms with Crippen molar-refractivity contribution >= 4 is 12.2 Å². The second-order valence-electron chi connectivity index (χ2n) is 4.45. The Morgan fingerprint density at radius 2 is 1.48 bits per heavy atom. The molecule has 21 heavy (non-hydrogen) atoms. The first-order chi connectivity index (χ1) is 10.3.